The predicted octanol–water partition coefficient (Wildman–Crippen LogP) is 6.25. The number of hydrogen-bond acceptors (Lipinski definition) is 4. The fourth-order valence-corrected chi connectivity index (χ4v) is 3.61. The van der Waals surface area contributed by atoms with Gasteiger partial charge in [0.1, 0.15) is 5.60 Å². The topological polar surface area (TPSA) is 78.9 Å². The van der Waals surface area contributed by atoms with Crippen LogP contribution in [0, 0.1) is 5.92 Å². The van der Waals surface area contributed by atoms with E-state index in [-0.39, 0.29) is 6.04 Å². The Hall–Kier alpha value is -2.86. The van der Waals surface area contributed by atoms with Gasteiger partial charge in [0.25, 0.3) is 0 Å². The van der Waals surface area contributed by atoms with Crippen LogP contribution in [0.1, 0.15) is 60.5 Å². The number of rotatable bonds is 10. The Morgan fingerprint density at radius 2 is 1.43 bits per heavy atom. The molecule has 2 atom stereocenters. The quantitative estimate of drug-likeness (QED) is 0.417. The average molecular weight is 485 g/mol. The number of aliphatic carboxylic acids is 1. The number of hydrogen-bond donors (Lipinski definition) is 2. The van der Waals surface area contributed by atoms with Gasteiger partial charge in [0.05, 0.1) is 5.92 Å². The summed E-state index contributed by atoms with van der Waals surface area (Å²) >= 11 is 0. The summed E-state index contributed by atoms with van der Waals surface area (Å²) in [5.41, 5.74) is 2.67. The largest absolute Gasteiger partial charge is 0.481 e. The van der Waals surface area contributed by atoms with Crippen molar-refractivity contribution in [3.8, 4) is 11.1 Å². The van der Waals surface area contributed by atoms with Gasteiger partial charge < -0.3 is 20.1 Å². The third-order valence-corrected chi connectivity index (χ3v) is 5.67. The van der Waals surface area contributed by atoms with Crippen molar-refractivity contribution < 1.29 is 19.4 Å². The molecule has 0 aromatic heterocycles. The molecule has 0 saturated heterocycles. The summed E-state index contributed by atoms with van der Waals surface area (Å²) in [7, 11) is 0. The van der Waals surface area contributed by atoms with Crippen LogP contribution in [0.15, 0.2) is 54.6 Å². The normalized spacial score (nSPS) is 12.8. The van der Waals surface area contributed by atoms with Crippen molar-refractivity contribution in [2.24, 2.45) is 5.92 Å². The van der Waals surface area contributed by atoms with Crippen molar-refractivity contribution in [1.29, 1.82) is 0 Å². The van der Waals surface area contributed by atoms with E-state index in [1.54, 1.807) is 27.7 Å². The van der Waals surface area contributed by atoms with E-state index < -0.39 is 23.6 Å². The first-order valence-electron chi connectivity index (χ1n) is 12.6. The summed E-state index contributed by atoms with van der Waals surface area (Å²) in [6.45, 7) is 17.2. The van der Waals surface area contributed by atoms with Crippen LogP contribution < -0.4 is 5.32 Å². The van der Waals surface area contributed by atoms with E-state index in [1.165, 1.54) is 19.6 Å². The molecule has 0 unspecified atom stereocenters. The highest BCUT2D eigenvalue weighted by Crippen LogP contribution is 2.21. The summed E-state index contributed by atoms with van der Waals surface area (Å²) in [4.78, 5) is 25.8. The van der Waals surface area contributed by atoms with Crippen LogP contribution in [0.5, 0.6) is 0 Å². The lowest BCUT2D eigenvalue weighted by molar-refractivity contribution is -0.141. The highest BCUT2D eigenvalue weighted by atomic mass is 16.6. The minimum atomic E-state index is -0.879. The second kappa shape index (κ2) is 15.2. The predicted molar refractivity (Wildman–Crippen MR) is 144 cm³/mol. The summed E-state index contributed by atoms with van der Waals surface area (Å²) in [5, 5.41) is 12.1. The molecule has 0 heterocycles. The average Bonchev–Trinajstić information content (AvgIpc) is 2.80. The molecule has 0 fully saturated rings. The van der Waals surface area contributed by atoms with Gasteiger partial charge in [0.2, 0.25) is 0 Å². The lowest BCUT2D eigenvalue weighted by Crippen LogP contribution is -2.41. The number of carboxylic acid groups (broad SMARTS) is 1. The molecule has 0 aliphatic carbocycles. The smallest absolute Gasteiger partial charge is 0.407 e. The Balaban J connectivity index is 0.000000762. The number of carbonyl (C=O) groups excluding carboxylic acids is 1. The Kier molecular flexibility index (Phi) is 13.1. The maximum absolute atomic E-state index is 12.2. The standard InChI is InChI=1S/C23H29NO4.C6H15N/c1-16(21(25)26)14-20(24-22(27)28-23(2,3)4)15-17-10-12-19(13-11-17)18-8-6-5-7-9-18;1-4-7(5-2)6-3/h5-13,16,20H,14-15H2,1-4H3,(H,24,27)(H,25,26);4-6H2,1-3H3/t16-,20+;/m1./s1. The molecule has 6 nitrogen and oxygen atoms in total. The minimum absolute atomic E-state index is 0.328. The lowest BCUT2D eigenvalue weighted by Gasteiger charge is -2.24. The second-order valence-corrected chi connectivity index (χ2v) is 9.70. The molecule has 0 bridgehead atoms. The SMILES string of the molecule is CCN(CC)CC.C[C@H](C[C@@H](Cc1ccc(-c2ccccc2)cc1)NC(=O)OC(C)(C)C)C(=O)O. The van der Waals surface area contributed by atoms with Gasteiger partial charge >= 0.3 is 12.1 Å². The third-order valence-electron chi connectivity index (χ3n) is 5.67. The Morgan fingerprint density at radius 1 is 0.914 bits per heavy atom. The Morgan fingerprint density at radius 3 is 1.86 bits per heavy atom. The molecule has 2 N–H and O–H groups in total. The first kappa shape index (κ1) is 30.2. The van der Waals surface area contributed by atoms with Crippen molar-refractivity contribution in [2.45, 2.75) is 73.0 Å². The van der Waals surface area contributed by atoms with Crippen LogP contribution in [-0.4, -0.2) is 53.3 Å². The molecule has 2 aromatic rings. The van der Waals surface area contributed by atoms with Crippen LogP contribution >= 0.6 is 0 Å². The monoisotopic (exact) mass is 484 g/mol. The van der Waals surface area contributed by atoms with E-state index in [0.29, 0.717) is 12.8 Å². The maximum Gasteiger partial charge on any atom is 0.407 e. The number of ether oxygens (including phenoxy) is 1. The zero-order valence-corrected chi connectivity index (χ0v) is 22.5. The van der Waals surface area contributed by atoms with Gasteiger partial charge in [-0.3, -0.25) is 4.79 Å². The molecule has 0 aliphatic heterocycles. The third kappa shape index (κ3) is 12.4. The number of alkyl carbamates (subject to hydrolysis) is 1. The van der Waals surface area contributed by atoms with E-state index in [2.05, 4.69) is 43.1 Å². The fraction of sp³-hybridized carbons (Fsp3) is 0.517. The molecule has 1 amide bonds. The van der Waals surface area contributed by atoms with Gasteiger partial charge in [-0.2, -0.15) is 0 Å². The van der Waals surface area contributed by atoms with Crippen molar-refractivity contribution >= 4 is 12.1 Å². The van der Waals surface area contributed by atoms with Crippen molar-refractivity contribution in [3.05, 3.63) is 60.2 Å². The van der Waals surface area contributed by atoms with Crippen LogP contribution in [-0.2, 0) is 16.0 Å². The highest BCUT2D eigenvalue weighted by molar-refractivity contribution is 5.70. The zero-order valence-electron chi connectivity index (χ0n) is 22.5. The molecule has 2 rings (SSSR count). The molecule has 2 aromatic carbocycles. The molecule has 0 aliphatic rings. The number of carbonyl (C=O) groups is 2. The van der Waals surface area contributed by atoms with Crippen molar-refractivity contribution in [2.75, 3.05) is 19.6 Å². The van der Waals surface area contributed by atoms with E-state index in [4.69, 9.17) is 4.74 Å². The van der Waals surface area contributed by atoms with Crippen molar-refractivity contribution in [1.82, 2.24) is 10.2 Å². The molecule has 6 heteroatoms. The first-order valence-corrected chi connectivity index (χ1v) is 12.6. The van der Waals surface area contributed by atoms with Gasteiger partial charge in [-0.1, -0.05) is 82.3 Å². The van der Waals surface area contributed by atoms with Gasteiger partial charge in [-0.25, -0.2) is 4.79 Å². The number of carboxylic acids is 1. The van der Waals surface area contributed by atoms with Crippen LogP contribution in [0.4, 0.5) is 4.79 Å². The number of benzene rings is 2. The number of amides is 1. The summed E-state index contributed by atoms with van der Waals surface area (Å²) in [6.07, 6.45) is 0.331. The van der Waals surface area contributed by atoms with Crippen molar-refractivity contribution in [3.63, 3.8) is 0 Å². The first-order chi connectivity index (χ1) is 16.5. The lowest BCUT2D eigenvalue weighted by atomic mass is 9.95. The van der Waals surface area contributed by atoms with Gasteiger partial charge in [-0.05, 0) is 69.9 Å². The molecule has 194 valence electrons. The fourth-order valence-electron chi connectivity index (χ4n) is 3.61. The van der Waals surface area contributed by atoms with E-state index in [0.717, 1.165) is 16.7 Å². The Labute approximate surface area is 211 Å². The van der Waals surface area contributed by atoms with Gasteiger partial charge in [0, 0.05) is 6.04 Å². The van der Waals surface area contributed by atoms with E-state index in [1.807, 2.05) is 42.5 Å². The summed E-state index contributed by atoms with van der Waals surface area (Å²) in [6, 6.07) is 17.8. The van der Waals surface area contributed by atoms with E-state index in [9.17, 15) is 14.7 Å². The summed E-state index contributed by atoms with van der Waals surface area (Å²) in [5.74, 6) is -1.45. The number of nitrogens with one attached hydrogen (secondary N) is 1. The molecular weight excluding hydrogens is 440 g/mol. The molecule has 0 spiro atoms. The minimum Gasteiger partial charge on any atom is -0.481 e. The molecule has 0 saturated carbocycles. The maximum atomic E-state index is 12.2. The van der Waals surface area contributed by atoms with Crippen LogP contribution in [0.3, 0.4) is 0 Å². The van der Waals surface area contributed by atoms with Gasteiger partial charge in [0.15, 0.2) is 0 Å². The Bertz CT molecular complexity index is 866. The highest BCUT2D eigenvalue weighted by Gasteiger charge is 2.23. The molecule has 35 heavy (non-hydrogen) atoms. The second-order valence-electron chi connectivity index (χ2n) is 9.70. The zero-order chi connectivity index (χ0) is 26.4. The molecule has 0 radical (unpaired) electrons. The van der Waals surface area contributed by atoms with Crippen LogP contribution in [0.2, 0.25) is 0 Å². The number of nitrogens with zero attached hydrogens (tertiary/aromatic N) is 1. The van der Waals surface area contributed by atoms with Crippen LogP contribution in [0.25, 0.3) is 11.1 Å². The summed E-state index contributed by atoms with van der Waals surface area (Å²) < 4.78 is 5.33. The van der Waals surface area contributed by atoms with E-state index >= 15 is 0 Å². The molecular formula is C29H44N2O4. The van der Waals surface area contributed by atoms with Gasteiger partial charge in [-0.15, -0.1) is 0 Å².